The number of fused-ring (bicyclic) bond motifs is 3. The number of thiophene rings is 1. The first-order valence-electron chi connectivity index (χ1n) is 7.72. The van der Waals surface area contributed by atoms with Crippen LogP contribution >= 0.6 is 23.6 Å². The summed E-state index contributed by atoms with van der Waals surface area (Å²) in [4.78, 5) is 30.4. The lowest BCUT2D eigenvalue weighted by Crippen LogP contribution is -2.34. The van der Waals surface area contributed by atoms with Gasteiger partial charge in [0.1, 0.15) is 4.83 Å². The van der Waals surface area contributed by atoms with E-state index in [4.69, 9.17) is 12.2 Å². The van der Waals surface area contributed by atoms with Crippen LogP contribution in [0.15, 0.2) is 29.1 Å². The SMILES string of the molecule is Cc1cccc(C(=O)Nn2c(=S)[nH]c3sc4c(c3c2=O)CCC4)c1. The van der Waals surface area contributed by atoms with Crippen molar-refractivity contribution in [3.05, 3.63) is 61.0 Å². The third-order valence-electron chi connectivity index (χ3n) is 4.26. The van der Waals surface area contributed by atoms with Gasteiger partial charge >= 0.3 is 0 Å². The second-order valence-corrected chi connectivity index (χ2v) is 7.43. The van der Waals surface area contributed by atoms with Crippen molar-refractivity contribution in [2.45, 2.75) is 26.2 Å². The molecule has 1 aromatic carbocycles. The van der Waals surface area contributed by atoms with Crippen molar-refractivity contribution in [3.8, 4) is 0 Å². The minimum absolute atomic E-state index is 0.202. The molecule has 2 heterocycles. The van der Waals surface area contributed by atoms with Gasteiger partial charge in [0.25, 0.3) is 11.5 Å². The summed E-state index contributed by atoms with van der Waals surface area (Å²) in [6.07, 6.45) is 2.98. The minimum atomic E-state index is -0.355. The summed E-state index contributed by atoms with van der Waals surface area (Å²) in [7, 11) is 0. The number of nitrogens with zero attached hydrogens (tertiary/aromatic N) is 1. The molecule has 0 fully saturated rings. The van der Waals surface area contributed by atoms with E-state index in [1.165, 1.54) is 4.88 Å². The van der Waals surface area contributed by atoms with Crippen LogP contribution in [0.4, 0.5) is 0 Å². The molecule has 1 aliphatic carbocycles. The molecular formula is C17H15N3O2S2. The highest BCUT2D eigenvalue weighted by atomic mass is 32.1. The molecule has 24 heavy (non-hydrogen) atoms. The Morgan fingerprint density at radius 3 is 3.00 bits per heavy atom. The van der Waals surface area contributed by atoms with Gasteiger partial charge in [0.05, 0.1) is 5.39 Å². The average Bonchev–Trinajstić information content (AvgIpc) is 3.11. The molecule has 0 saturated carbocycles. The zero-order valence-corrected chi connectivity index (χ0v) is 14.6. The van der Waals surface area contributed by atoms with Crippen LogP contribution in [-0.2, 0) is 12.8 Å². The highest BCUT2D eigenvalue weighted by Crippen LogP contribution is 2.34. The van der Waals surface area contributed by atoms with Crippen LogP contribution in [0.5, 0.6) is 0 Å². The Hall–Kier alpha value is -2.25. The molecule has 4 rings (SSSR count). The Bertz CT molecular complexity index is 1090. The summed E-state index contributed by atoms with van der Waals surface area (Å²) in [5.74, 6) is -0.355. The molecule has 2 N–H and O–H groups in total. The number of aryl methyl sites for hydroxylation is 3. The molecule has 7 heteroatoms. The molecular weight excluding hydrogens is 342 g/mol. The van der Waals surface area contributed by atoms with Gasteiger partial charge in [0, 0.05) is 10.4 Å². The Morgan fingerprint density at radius 1 is 1.38 bits per heavy atom. The van der Waals surface area contributed by atoms with Gasteiger partial charge in [-0.2, -0.15) is 4.68 Å². The number of carbonyl (C=O) groups excluding carboxylic acids is 1. The number of aromatic amines is 1. The van der Waals surface area contributed by atoms with E-state index in [-0.39, 0.29) is 16.2 Å². The van der Waals surface area contributed by atoms with Crippen LogP contribution in [0.2, 0.25) is 0 Å². The number of carbonyl (C=O) groups is 1. The van der Waals surface area contributed by atoms with E-state index in [1.54, 1.807) is 23.5 Å². The number of benzene rings is 1. The first kappa shape index (κ1) is 15.3. The molecule has 0 atom stereocenters. The number of aromatic nitrogens is 2. The number of H-pyrrole nitrogens is 1. The van der Waals surface area contributed by atoms with E-state index < -0.39 is 0 Å². The van der Waals surface area contributed by atoms with Gasteiger partial charge in [-0.15, -0.1) is 11.3 Å². The maximum Gasteiger partial charge on any atom is 0.282 e. The third-order valence-corrected chi connectivity index (χ3v) is 5.75. The fourth-order valence-electron chi connectivity index (χ4n) is 3.13. The first-order chi connectivity index (χ1) is 11.5. The molecule has 1 amide bonds. The zero-order chi connectivity index (χ0) is 16.8. The Kier molecular flexibility index (Phi) is 3.62. The largest absolute Gasteiger partial charge is 0.322 e. The van der Waals surface area contributed by atoms with E-state index in [2.05, 4.69) is 10.4 Å². The van der Waals surface area contributed by atoms with E-state index >= 15 is 0 Å². The van der Waals surface area contributed by atoms with Gasteiger partial charge < -0.3 is 4.98 Å². The summed E-state index contributed by atoms with van der Waals surface area (Å²) in [5, 5.41) is 0.658. The van der Waals surface area contributed by atoms with Crippen LogP contribution < -0.4 is 11.0 Å². The summed E-state index contributed by atoms with van der Waals surface area (Å²) in [6.45, 7) is 1.91. The van der Waals surface area contributed by atoms with Gasteiger partial charge in [-0.25, -0.2) is 0 Å². The highest BCUT2D eigenvalue weighted by molar-refractivity contribution is 7.71. The van der Waals surface area contributed by atoms with Gasteiger partial charge in [-0.1, -0.05) is 17.7 Å². The lowest BCUT2D eigenvalue weighted by molar-refractivity contribution is 0.101. The molecule has 3 aromatic rings. The van der Waals surface area contributed by atoms with Gasteiger partial charge in [-0.3, -0.25) is 15.0 Å². The van der Waals surface area contributed by atoms with E-state index in [1.807, 2.05) is 19.1 Å². The van der Waals surface area contributed by atoms with Crippen LogP contribution in [0, 0.1) is 11.7 Å². The molecule has 2 aromatic heterocycles. The molecule has 0 radical (unpaired) electrons. The quantitative estimate of drug-likeness (QED) is 0.692. The van der Waals surface area contributed by atoms with E-state index in [9.17, 15) is 9.59 Å². The summed E-state index contributed by atoms with van der Waals surface area (Å²) < 4.78 is 1.35. The van der Waals surface area contributed by atoms with Crippen molar-refractivity contribution in [2.75, 3.05) is 5.43 Å². The van der Waals surface area contributed by atoms with Crippen LogP contribution in [0.1, 0.15) is 32.8 Å². The molecule has 0 unspecified atom stereocenters. The number of rotatable bonds is 2. The van der Waals surface area contributed by atoms with Crippen LogP contribution in [0.3, 0.4) is 0 Å². The minimum Gasteiger partial charge on any atom is -0.322 e. The van der Waals surface area contributed by atoms with Gasteiger partial charge in [0.2, 0.25) is 4.77 Å². The Morgan fingerprint density at radius 2 is 2.21 bits per heavy atom. The smallest absolute Gasteiger partial charge is 0.282 e. The van der Waals surface area contributed by atoms with Crippen molar-refractivity contribution < 1.29 is 4.79 Å². The number of nitrogens with one attached hydrogen (secondary N) is 2. The van der Waals surface area contributed by atoms with Crippen molar-refractivity contribution in [1.82, 2.24) is 9.66 Å². The normalized spacial score (nSPS) is 13.2. The predicted octanol–water partition coefficient (Wildman–Crippen LogP) is 3.30. The number of hydrogen-bond acceptors (Lipinski definition) is 4. The lowest BCUT2D eigenvalue weighted by atomic mass is 10.1. The maximum absolute atomic E-state index is 12.9. The fraction of sp³-hybridized carbons (Fsp3) is 0.235. The molecule has 0 saturated heterocycles. The summed E-state index contributed by atoms with van der Waals surface area (Å²) in [5.41, 5.74) is 4.95. The summed E-state index contributed by atoms with van der Waals surface area (Å²) >= 11 is 6.86. The van der Waals surface area contributed by atoms with Gasteiger partial charge in [0.15, 0.2) is 0 Å². The average molecular weight is 357 g/mol. The molecule has 0 bridgehead atoms. The topological polar surface area (TPSA) is 66.9 Å². The van der Waals surface area contributed by atoms with Crippen molar-refractivity contribution >= 4 is 39.7 Å². The summed E-state index contributed by atoms with van der Waals surface area (Å²) in [6, 6.07) is 7.20. The van der Waals surface area contributed by atoms with Crippen LogP contribution in [0.25, 0.3) is 10.2 Å². The van der Waals surface area contributed by atoms with Gasteiger partial charge in [-0.05, 0) is 56.1 Å². The van der Waals surface area contributed by atoms with E-state index in [0.717, 1.165) is 39.9 Å². The Balaban J connectivity index is 1.81. The highest BCUT2D eigenvalue weighted by Gasteiger charge is 2.22. The Labute approximate surface area is 146 Å². The van der Waals surface area contributed by atoms with Crippen molar-refractivity contribution in [2.24, 2.45) is 0 Å². The maximum atomic E-state index is 12.9. The fourth-order valence-corrected chi connectivity index (χ4v) is 4.71. The monoisotopic (exact) mass is 357 g/mol. The molecule has 5 nitrogen and oxygen atoms in total. The lowest BCUT2D eigenvalue weighted by Gasteiger charge is -2.09. The second kappa shape index (κ2) is 5.68. The van der Waals surface area contributed by atoms with Crippen LogP contribution in [-0.4, -0.2) is 15.6 Å². The molecule has 0 spiro atoms. The number of amides is 1. The predicted molar refractivity (Wildman–Crippen MR) is 98.2 cm³/mol. The molecule has 122 valence electrons. The van der Waals surface area contributed by atoms with Crippen molar-refractivity contribution in [1.29, 1.82) is 0 Å². The first-order valence-corrected chi connectivity index (χ1v) is 8.94. The number of hydrogen-bond donors (Lipinski definition) is 2. The van der Waals surface area contributed by atoms with Crippen molar-refractivity contribution in [3.63, 3.8) is 0 Å². The van der Waals surface area contributed by atoms with E-state index in [0.29, 0.717) is 10.9 Å². The molecule has 0 aliphatic heterocycles. The standard InChI is InChI=1S/C17H15N3O2S2/c1-9-4-2-5-10(8-9)14(21)19-20-16(22)13-11-6-3-7-12(11)24-15(13)18-17(20)23/h2,4-5,8H,3,6-7H2,1H3,(H,18,23)(H,19,21). The molecule has 1 aliphatic rings. The second-order valence-electron chi connectivity index (χ2n) is 5.94. The third kappa shape index (κ3) is 2.40. The zero-order valence-electron chi connectivity index (χ0n) is 13.0.